The van der Waals surface area contributed by atoms with E-state index < -0.39 is 5.60 Å². The van der Waals surface area contributed by atoms with Crippen LogP contribution in [-0.2, 0) is 4.79 Å². The Labute approximate surface area is 91.6 Å². The summed E-state index contributed by atoms with van der Waals surface area (Å²) in [5.74, 6) is 0.122. The van der Waals surface area contributed by atoms with Gasteiger partial charge in [0.2, 0.25) is 5.91 Å². The van der Waals surface area contributed by atoms with Crippen molar-refractivity contribution < 1.29 is 9.90 Å². The lowest BCUT2D eigenvalue weighted by atomic mass is 10.1. The highest BCUT2D eigenvalue weighted by Gasteiger charge is 2.28. The topological polar surface area (TPSA) is 52.6 Å². The summed E-state index contributed by atoms with van der Waals surface area (Å²) in [7, 11) is 0. The highest BCUT2D eigenvalue weighted by atomic mass is 16.3. The molecule has 0 saturated carbocycles. The average molecular weight is 214 g/mol. The highest BCUT2D eigenvalue weighted by molar-refractivity contribution is 5.82. The van der Waals surface area contributed by atoms with Crippen molar-refractivity contribution in [2.24, 2.45) is 0 Å². The van der Waals surface area contributed by atoms with Crippen LogP contribution in [0.5, 0.6) is 0 Å². The number of carbonyl (C=O) groups excluding carboxylic acids is 1. The Morgan fingerprint density at radius 3 is 2.67 bits per heavy atom. The molecule has 1 atom stereocenters. The van der Waals surface area contributed by atoms with Crippen LogP contribution < -0.4 is 5.32 Å². The lowest BCUT2D eigenvalue weighted by molar-refractivity contribution is -0.135. The van der Waals surface area contributed by atoms with Crippen LogP contribution in [0.1, 0.15) is 33.6 Å². The molecule has 88 valence electrons. The summed E-state index contributed by atoms with van der Waals surface area (Å²) in [6.07, 6.45) is 1.98. The first kappa shape index (κ1) is 12.5. The van der Waals surface area contributed by atoms with E-state index in [1.807, 2.05) is 6.92 Å². The first-order chi connectivity index (χ1) is 6.94. The second kappa shape index (κ2) is 4.94. The fourth-order valence-electron chi connectivity index (χ4n) is 1.93. The van der Waals surface area contributed by atoms with Gasteiger partial charge in [-0.1, -0.05) is 0 Å². The van der Waals surface area contributed by atoms with Gasteiger partial charge in [0.15, 0.2) is 0 Å². The van der Waals surface area contributed by atoms with Gasteiger partial charge in [0.25, 0.3) is 0 Å². The molecule has 1 heterocycles. The number of carbonyl (C=O) groups is 1. The number of nitrogens with zero attached hydrogens (tertiary/aromatic N) is 1. The zero-order valence-electron chi connectivity index (χ0n) is 9.92. The van der Waals surface area contributed by atoms with Crippen molar-refractivity contribution in [3.63, 3.8) is 0 Å². The monoisotopic (exact) mass is 214 g/mol. The van der Waals surface area contributed by atoms with Gasteiger partial charge in [0, 0.05) is 13.1 Å². The van der Waals surface area contributed by atoms with Crippen LogP contribution in [-0.4, -0.2) is 47.2 Å². The standard InChI is InChI=1S/C11H22N2O2/c1-4-13(8-11(2,3)15)10(14)9-6-5-7-12-9/h9,12,15H,4-8H2,1-3H3. The Hall–Kier alpha value is -0.610. The molecule has 0 radical (unpaired) electrons. The molecule has 0 aromatic rings. The van der Waals surface area contributed by atoms with E-state index >= 15 is 0 Å². The molecule has 0 aromatic heterocycles. The predicted molar refractivity (Wildman–Crippen MR) is 59.6 cm³/mol. The molecule has 4 heteroatoms. The maximum Gasteiger partial charge on any atom is 0.239 e. The number of amides is 1. The molecule has 15 heavy (non-hydrogen) atoms. The largest absolute Gasteiger partial charge is 0.389 e. The maximum atomic E-state index is 12.0. The zero-order valence-corrected chi connectivity index (χ0v) is 9.92. The Morgan fingerprint density at radius 1 is 1.60 bits per heavy atom. The van der Waals surface area contributed by atoms with E-state index in [1.54, 1.807) is 18.7 Å². The lowest BCUT2D eigenvalue weighted by Crippen LogP contribution is -2.48. The molecule has 0 bridgehead atoms. The Morgan fingerprint density at radius 2 is 2.27 bits per heavy atom. The number of likely N-dealkylation sites (N-methyl/N-ethyl adjacent to an activating group) is 1. The van der Waals surface area contributed by atoms with Gasteiger partial charge < -0.3 is 15.3 Å². The van der Waals surface area contributed by atoms with Crippen LogP contribution in [0.3, 0.4) is 0 Å². The van der Waals surface area contributed by atoms with Gasteiger partial charge in [0.05, 0.1) is 11.6 Å². The van der Waals surface area contributed by atoms with Gasteiger partial charge >= 0.3 is 0 Å². The van der Waals surface area contributed by atoms with Crippen LogP contribution in [0.2, 0.25) is 0 Å². The molecular formula is C11H22N2O2. The van der Waals surface area contributed by atoms with Gasteiger partial charge in [-0.25, -0.2) is 0 Å². The third-order valence-corrected chi connectivity index (χ3v) is 2.63. The Bertz CT molecular complexity index is 217. The van der Waals surface area contributed by atoms with Crippen molar-refractivity contribution in [3.05, 3.63) is 0 Å². The van der Waals surface area contributed by atoms with E-state index in [0.29, 0.717) is 13.1 Å². The molecule has 0 spiro atoms. The quantitative estimate of drug-likeness (QED) is 0.710. The van der Waals surface area contributed by atoms with Gasteiger partial charge in [-0.15, -0.1) is 0 Å². The Balaban J connectivity index is 2.53. The minimum absolute atomic E-state index is 0.0349. The smallest absolute Gasteiger partial charge is 0.239 e. The molecule has 1 unspecified atom stereocenters. The van der Waals surface area contributed by atoms with Crippen LogP contribution in [0.25, 0.3) is 0 Å². The predicted octanol–water partition coefficient (Wildman–Crippen LogP) is 0.358. The van der Waals surface area contributed by atoms with Crippen LogP contribution >= 0.6 is 0 Å². The number of hydrogen-bond donors (Lipinski definition) is 2. The van der Waals surface area contributed by atoms with Crippen molar-refractivity contribution in [1.29, 1.82) is 0 Å². The van der Waals surface area contributed by atoms with Crippen LogP contribution in [0, 0.1) is 0 Å². The number of nitrogens with one attached hydrogen (secondary N) is 1. The molecule has 0 aliphatic carbocycles. The summed E-state index contributed by atoms with van der Waals surface area (Å²) in [6.45, 7) is 7.38. The third-order valence-electron chi connectivity index (χ3n) is 2.63. The summed E-state index contributed by atoms with van der Waals surface area (Å²) >= 11 is 0. The van der Waals surface area contributed by atoms with Gasteiger partial charge in [-0.05, 0) is 40.2 Å². The Kier molecular flexibility index (Phi) is 4.11. The van der Waals surface area contributed by atoms with Gasteiger partial charge in [0.1, 0.15) is 0 Å². The number of rotatable bonds is 4. The zero-order chi connectivity index (χ0) is 11.5. The van der Waals surface area contributed by atoms with Crippen molar-refractivity contribution in [2.45, 2.75) is 45.3 Å². The number of aliphatic hydroxyl groups is 1. The van der Waals surface area contributed by atoms with Crippen molar-refractivity contribution in [3.8, 4) is 0 Å². The summed E-state index contributed by atoms with van der Waals surface area (Å²) in [5, 5.41) is 12.9. The fourth-order valence-corrected chi connectivity index (χ4v) is 1.93. The normalized spacial score (nSPS) is 21.7. The van der Waals surface area contributed by atoms with E-state index in [-0.39, 0.29) is 11.9 Å². The molecule has 4 nitrogen and oxygen atoms in total. The van der Waals surface area contributed by atoms with Crippen LogP contribution in [0.4, 0.5) is 0 Å². The van der Waals surface area contributed by atoms with Crippen molar-refractivity contribution in [2.75, 3.05) is 19.6 Å². The van der Waals surface area contributed by atoms with E-state index in [0.717, 1.165) is 19.4 Å². The molecule has 1 aliphatic rings. The molecule has 1 amide bonds. The van der Waals surface area contributed by atoms with Gasteiger partial charge in [-0.2, -0.15) is 0 Å². The molecule has 1 rings (SSSR count). The second-order valence-electron chi connectivity index (χ2n) is 4.81. The highest BCUT2D eigenvalue weighted by Crippen LogP contribution is 2.11. The van der Waals surface area contributed by atoms with E-state index in [2.05, 4.69) is 5.32 Å². The minimum Gasteiger partial charge on any atom is -0.389 e. The second-order valence-corrected chi connectivity index (χ2v) is 4.81. The lowest BCUT2D eigenvalue weighted by Gasteiger charge is -2.30. The molecule has 1 fully saturated rings. The van der Waals surface area contributed by atoms with E-state index in [4.69, 9.17) is 0 Å². The summed E-state index contributed by atoms with van der Waals surface area (Å²) in [6, 6.07) is -0.0349. The van der Waals surface area contributed by atoms with Crippen molar-refractivity contribution in [1.82, 2.24) is 10.2 Å². The molecule has 1 aliphatic heterocycles. The summed E-state index contributed by atoms with van der Waals surface area (Å²) < 4.78 is 0. The van der Waals surface area contributed by atoms with Crippen molar-refractivity contribution >= 4 is 5.91 Å². The first-order valence-corrected chi connectivity index (χ1v) is 5.68. The fraction of sp³-hybridized carbons (Fsp3) is 0.909. The molecule has 1 saturated heterocycles. The summed E-state index contributed by atoms with van der Waals surface area (Å²) in [4.78, 5) is 13.7. The molecule has 2 N–H and O–H groups in total. The van der Waals surface area contributed by atoms with Gasteiger partial charge in [-0.3, -0.25) is 4.79 Å². The molecular weight excluding hydrogens is 192 g/mol. The van der Waals surface area contributed by atoms with Crippen LogP contribution in [0.15, 0.2) is 0 Å². The third kappa shape index (κ3) is 3.80. The number of hydrogen-bond acceptors (Lipinski definition) is 3. The average Bonchev–Trinajstić information content (AvgIpc) is 2.64. The summed E-state index contributed by atoms with van der Waals surface area (Å²) in [5.41, 5.74) is -0.815. The maximum absolute atomic E-state index is 12.0. The van der Waals surface area contributed by atoms with E-state index in [9.17, 15) is 9.90 Å². The SMILES string of the molecule is CCN(CC(C)(C)O)C(=O)C1CCCN1. The molecule has 0 aromatic carbocycles. The van der Waals surface area contributed by atoms with E-state index in [1.165, 1.54) is 0 Å². The first-order valence-electron chi connectivity index (χ1n) is 5.68. The minimum atomic E-state index is -0.815.